The van der Waals surface area contributed by atoms with Crippen molar-refractivity contribution in [3.05, 3.63) is 41.5 Å². The van der Waals surface area contributed by atoms with E-state index in [1.807, 2.05) is 22.0 Å². The summed E-state index contributed by atoms with van der Waals surface area (Å²) in [6.07, 6.45) is 2.98. The number of nitrogens with zero attached hydrogens (tertiary/aromatic N) is 2. The second-order valence-electron chi connectivity index (χ2n) is 2.84. The van der Waals surface area contributed by atoms with Crippen LogP contribution in [0.4, 0.5) is 0 Å². The third-order valence-corrected chi connectivity index (χ3v) is 1.84. The van der Waals surface area contributed by atoms with Crippen LogP contribution in [0.5, 0.6) is 0 Å². The molecule has 18 heavy (non-hydrogen) atoms. The number of carbonyl (C=O) groups is 2. The summed E-state index contributed by atoms with van der Waals surface area (Å²) in [6.45, 7) is 0. The molecule has 0 fully saturated rings. The second-order valence-corrected chi connectivity index (χ2v) is 2.84. The van der Waals surface area contributed by atoms with Gasteiger partial charge in [-0.25, -0.2) is 0 Å². The van der Waals surface area contributed by atoms with E-state index in [1.165, 1.54) is 6.08 Å². The fraction of sp³-hybridized carbons (Fsp3) is 0. The first-order valence-electron chi connectivity index (χ1n) is 4.54. The molecule has 4 N–H and O–H groups in total. The van der Waals surface area contributed by atoms with Gasteiger partial charge in [0.25, 0.3) is 0 Å². The smallest absolute Gasteiger partial charge is 0.233 e. The topological polar surface area (TPSA) is 158 Å². The summed E-state index contributed by atoms with van der Waals surface area (Å²) in [6, 6.07) is 7.07. The minimum absolute atomic E-state index is 0.409. The first-order chi connectivity index (χ1) is 8.62. The third-order valence-electron chi connectivity index (χ3n) is 1.84. The molecule has 0 spiro atoms. The number of allylic oxidation sites excluding steroid dienone is 1. The molecule has 0 unspecified atom stereocenters. The Hall–Kier alpha value is -3.08. The minimum Gasteiger partial charge on any atom is -0.286 e. The SMILES string of the molecule is N=[N+]=N.N=[N+]=N.O=C1C=Cc2ccccc2C1=O. The van der Waals surface area contributed by atoms with E-state index in [1.54, 1.807) is 18.2 Å². The lowest BCUT2D eigenvalue weighted by Gasteiger charge is -2.06. The fourth-order valence-electron chi connectivity index (χ4n) is 1.22. The van der Waals surface area contributed by atoms with Gasteiger partial charge in [-0.05, 0) is 11.6 Å². The Morgan fingerprint density at radius 1 is 0.833 bits per heavy atom. The summed E-state index contributed by atoms with van der Waals surface area (Å²) in [7, 11) is 0. The molecule has 1 aromatic carbocycles. The lowest BCUT2D eigenvalue weighted by atomic mass is 9.96. The van der Waals surface area contributed by atoms with Crippen molar-refractivity contribution in [1.29, 1.82) is 22.1 Å². The molecule has 0 atom stereocenters. The van der Waals surface area contributed by atoms with Crippen LogP contribution in [0.25, 0.3) is 6.08 Å². The Morgan fingerprint density at radius 3 is 1.89 bits per heavy atom. The molecular formula is C10H10N6O2+2. The minimum atomic E-state index is -0.436. The van der Waals surface area contributed by atoms with Crippen molar-refractivity contribution in [2.24, 2.45) is 0 Å². The standard InChI is InChI=1S/C10H6O2.2H2N3/c11-9-6-5-7-3-1-2-4-8(7)10(9)12;2*1-3-2/h1-6H;2*1-2H/q;2*+1. The highest BCUT2D eigenvalue weighted by molar-refractivity contribution is 6.49. The Labute approximate surface area is 101 Å². The highest BCUT2D eigenvalue weighted by Crippen LogP contribution is 2.16. The summed E-state index contributed by atoms with van der Waals surface area (Å²) in [5.41, 5.74) is 23.3. The predicted octanol–water partition coefficient (Wildman–Crippen LogP) is 1.70. The molecular weight excluding hydrogens is 236 g/mol. The van der Waals surface area contributed by atoms with Crippen molar-refractivity contribution in [3.8, 4) is 0 Å². The number of hydrogen-bond donors (Lipinski definition) is 4. The van der Waals surface area contributed by atoms with Gasteiger partial charge < -0.3 is 0 Å². The van der Waals surface area contributed by atoms with E-state index in [-0.39, 0.29) is 0 Å². The van der Waals surface area contributed by atoms with Gasteiger partial charge in [0.2, 0.25) is 21.4 Å². The van der Waals surface area contributed by atoms with Crippen LogP contribution in [0, 0.1) is 22.1 Å². The molecule has 2 rings (SSSR count). The molecule has 0 aromatic heterocycles. The lowest BCUT2D eigenvalue weighted by molar-refractivity contribution is -0.110. The van der Waals surface area contributed by atoms with Crippen molar-refractivity contribution < 1.29 is 9.59 Å². The average Bonchev–Trinajstić information content (AvgIpc) is 2.36. The van der Waals surface area contributed by atoms with E-state index in [4.69, 9.17) is 22.1 Å². The van der Waals surface area contributed by atoms with Crippen LogP contribution in [0.1, 0.15) is 15.9 Å². The van der Waals surface area contributed by atoms with Crippen LogP contribution in [0.3, 0.4) is 0 Å². The van der Waals surface area contributed by atoms with Crippen molar-refractivity contribution in [2.45, 2.75) is 0 Å². The molecule has 0 aliphatic heterocycles. The second kappa shape index (κ2) is 8.12. The van der Waals surface area contributed by atoms with Gasteiger partial charge in [0.1, 0.15) is 22.1 Å². The number of ketones is 2. The average molecular weight is 246 g/mol. The van der Waals surface area contributed by atoms with Crippen LogP contribution in [-0.4, -0.2) is 11.6 Å². The highest BCUT2D eigenvalue weighted by Gasteiger charge is 2.19. The molecule has 1 aliphatic carbocycles. The normalized spacial score (nSPS) is 10.7. The predicted molar refractivity (Wildman–Crippen MR) is 60.0 cm³/mol. The lowest BCUT2D eigenvalue weighted by Crippen LogP contribution is -2.15. The first kappa shape index (κ1) is 14.9. The van der Waals surface area contributed by atoms with Gasteiger partial charge in [-0.15, -0.1) is 0 Å². The molecule has 1 aliphatic rings. The van der Waals surface area contributed by atoms with E-state index < -0.39 is 11.6 Å². The summed E-state index contributed by atoms with van der Waals surface area (Å²) >= 11 is 0. The first-order valence-corrected chi connectivity index (χ1v) is 4.54. The molecule has 0 saturated carbocycles. The molecule has 8 heteroatoms. The monoisotopic (exact) mass is 246 g/mol. The van der Waals surface area contributed by atoms with Crippen LogP contribution < -0.4 is 9.82 Å². The van der Waals surface area contributed by atoms with Gasteiger partial charge in [-0.2, -0.15) is 0 Å². The number of carbonyl (C=O) groups excluding carboxylic acids is 2. The molecule has 0 radical (unpaired) electrons. The number of hydrogen-bond acceptors (Lipinski definition) is 6. The molecule has 1 aromatic rings. The van der Waals surface area contributed by atoms with Gasteiger partial charge in [0.05, 0.1) is 0 Å². The third kappa shape index (κ3) is 4.19. The summed E-state index contributed by atoms with van der Waals surface area (Å²) in [5.74, 6) is -0.846. The summed E-state index contributed by atoms with van der Waals surface area (Å²) in [4.78, 5) is 26.1. The van der Waals surface area contributed by atoms with E-state index in [0.29, 0.717) is 5.56 Å². The Morgan fingerprint density at radius 2 is 1.33 bits per heavy atom. The number of rotatable bonds is 0. The molecule has 0 amide bonds. The maximum Gasteiger partial charge on any atom is 0.233 e. The van der Waals surface area contributed by atoms with E-state index in [2.05, 4.69) is 0 Å². The van der Waals surface area contributed by atoms with E-state index in [0.717, 1.165) is 5.56 Å². The summed E-state index contributed by atoms with van der Waals surface area (Å²) in [5, 5.41) is 0. The zero-order valence-corrected chi connectivity index (χ0v) is 9.18. The number of fused-ring (bicyclic) bond motifs is 1. The van der Waals surface area contributed by atoms with Crippen molar-refractivity contribution in [2.75, 3.05) is 0 Å². The Kier molecular flexibility index (Phi) is 6.73. The van der Waals surface area contributed by atoms with Gasteiger partial charge >= 0.3 is 0 Å². The zero-order valence-electron chi connectivity index (χ0n) is 9.18. The van der Waals surface area contributed by atoms with Gasteiger partial charge in [0, 0.05) is 5.56 Å². The van der Waals surface area contributed by atoms with Gasteiger partial charge in [0.15, 0.2) is 0 Å². The van der Waals surface area contributed by atoms with Gasteiger partial charge in [-0.3, -0.25) is 9.59 Å². The maximum absolute atomic E-state index is 11.2. The highest BCUT2D eigenvalue weighted by atomic mass is 16.2. The molecule has 0 saturated heterocycles. The number of Topliss-reactive ketones (excluding diaryl/α,β-unsaturated/α-hetero) is 1. The largest absolute Gasteiger partial charge is 0.286 e. The molecule has 90 valence electrons. The molecule has 0 bridgehead atoms. The number of nitrogens with one attached hydrogen (secondary N) is 4. The quantitative estimate of drug-likeness (QED) is 0.312. The molecule has 8 nitrogen and oxygen atoms in total. The summed E-state index contributed by atoms with van der Waals surface area (Å²) < 4.78 is 0. The maximum atomic E-state index is 11.2. The Balaban J connectivity index is 0.000000414. The van der Waals surface area contributed by atoms with Crippen LogP contribution >= 0.6 is 0 Å². The van der Waals surface area contributed by atoms with Crippen molar-refractivity contribution >= 4 is 17.6 Å². The van der Waals surface area contributed by atoms with Gasteiger partial charge in [-0.1, -0.05) is 30.3 Å². The number of benzene rings is 1. The fourth-order valence-corrected chi connectivity index (χ4v) is 1.22. The Bertz CT molecular complexity index is 539. The van der Waals surface area contributed by atoms with Crippen LogP contribution in [0.2, 0.25) is 0 Å². The molecule has 0 heterocycles. The van der Waals surface area contributed by atoms with Crippen molar-refractivity contribution in [1.82, 2.24) is 9.82 Å². The van der Waals surface area contributed by atoms with E-state index in [9.17, 15) is 9.59 Å². The van der Waals surface area contributed by atoms with Crippen LogP contribution in [0.15, 0.2) is 30.3 Å². The zero-order chi connectivity index (χ0) is 14.0. The van der Waals surface area contributed by atoms with Crippen molar-refractivity contribution in [3.63, 3.8) is 0 Å². The van der Waals surface area contributed by atoms with Crippen LogP contribution in [-0.2, 0) is 4.79 Å². The van der Waals surface area contributed by atoms with E-state index >= 15 is 0 Å².